The number of fused-ring (bicyclic) bond motifs is 3. The molecule has 3 heterocycles. The minimum Gasteiger partial charge on any atom is -0.396 e. The van der Waals surface area contributed by atoms with E-state index >= 15 is 0 Å². The van der Waals surface area contributed by atoms with Gasteiger partial charge < -0.3 is 10.0 Å². The molecule has 1 aromatic rings. The number of aliphatic imine (C=N–C) groups is 1. The Bertz CT molecular complexity index is 954. The van der Waals surface area contributed by atoms with E-state index in [0.717, 1.165) is 17.1 Å². The van der Waals surface area contributed by atoms with Crippen molar-refractivity contribution in [3.05, 3.63) is 40.7 Å². The number of amides is 3. The SMILES string of the molecule is CC1=C(C)N2C(=NC3C2C(=O)N(CCCO)C(=O)N3C)N1c1ccc(C)c(C)c1. The van der Waals surface area contributed by atoms with Crippen LogP contribution in [0, 0.1) is 13.8 Å². The zero-order chi connectivity index (χ0) is 21.0. The summed E-state index contributed by atoms with van der Waals surface area (Å²) in [5.74, 6) is 0.412. The molecule has 0 bridgehead atoms. The lowest BCUT2D eigenvalue weighted by atomic mass is 10.1. The molecule has 0 saturated carbocycles. The number of aryl methyl sites for hydroxylation is 2. The van der Waals surface area contributed by atoms with Gasteiger partial charge in [-0.05, 0) is 57.4 Å². The van der Waals surface area contributed by atoms with Crippen LogP contribution in [0.25, 0.3) is 0 Å². The number of imide groups is 1. The first kappa shape index (κ1) is 19.4. The molecule has 0 radical (unpaired) electrons. The van der Waals surface area contributed by atoms with Gasteiger partial charge in [0.15, 0.2) is 12.2 Å². The Kier molecular flexibility index (Phi) is 4.61. The molecule has 2 atom stereocenters. The summed E-state index contributed by atoms with van der Waals surface area (Å²) in [5, 5.41) is 9.14. The lowest BCUT2D eigenvalue weighted by molar-refractivity contribution is -0.136. The third-order valence-corrected chi connectivity index (χ3v) is 6.18. The van der Waals surface area contributed by atoms with Gasteiger partial charge in [-0.25, -0.2) is 9.79 Å². The first-order valence-electron chi connectivity index (χ1n) is 9.89. The Hall–Kier alpha value is -2.87. The molecule has 2 unspecified atom stereocenters. The Labute approximate surface area is 170 Å². The number of urea groups is 1. The maximum atomic E-state index is 13.2. The molecule has 1 aromatic carbocycles. The highest BCUT2D eigenvalue weighted by Gasteiger charge is 2.55. The van der Waals surface area contributed by atoms with Crippen LogP contribution in [0.4, 0.5) is 10.5 Å². The molecule has 4 rings (SSSR count). The molecule has 0 aromatic heterocycles. The molecule has 3 amide bonds. The van der Waals surface area contributed by atoms with Crippen LogP contribution in [0.3, 0.4) is 0 Å². The average molecular weight is 397 g/mol. The summed E-state index contributed by atoms with van der Waals surface area (Å²) in [5.41, 5.74) is 5.35. The monoisotopic (exact) mass is 397 g/mol. The second-order valence-electron chi connectivity index (χ2n) is 7.89. The fourth-order valence-corrected chi connectivity index (χ4v) is 4.22. The van der Waals surface area contributed by atoms with Crippen LogP contribution in [0.5, 0.6) is 0 Å². The number of allylic oxidation sites excluding steroid dienone is 2. The molecular formula is C21H27N5O3. The van der Waals surface area contributed by atoms with Gasteiger partial charge in [-0.2, -0.15) is 0 Å². The van der Waals surface area contributed by atoms with Crippen molar-refractivity contribution in [1.29, 1.82) is 0 Å². The molecule has 3 aliphatic rings. The van der Waals surface area contributed by atoms with Crippen LogP contribution in [-0.4, -0.2) is 70.1 Å². The van der Waals surface area contributed by atoms with Crippen LogP contribution in [0.1, 0.15) is 31.4 Å². The van der Waals surface area contributed by atoms with E-state index in [9.17, 15) is 9.59 Å². The van der Waals surface area contributed by atoms with Gasteiger partial charge in [0, 0.05) is 37.3 Å². The van der Waals surface area contributed by atoms with E-state index in [1.54, 1.807) is 7.05 Å². The lowest BCUT2D eigenvalue weighted by Gasteiger charge is -2.40. The normalized spacial score (nSPS) is 23.9. The summed E-state index contributed by atoms with van der Waals surface area (Å²) in [6, 6.07) is 5.29. The molecular weight excluding hydrogens is 370 g/mol. The van der Waals surface area contributed by atoms with Crippen LogP contribution >= 0.6 is 0 Å². The quantitative estimate of drug-likeness (QED) is 0.841. The molecule has 29 heavy (non-hydrogen) atoms. The zero-order valence-corrected chi connectivity index (χ0v) is 17.5. The molecule has 0 spiro atoms. The summed E-state index contributed by atoms with van der Waals surface area (Å²) < 4.78 is 0. The first-order valence-corrected chi connectivity index (χ1v) is 9.89. The molecule has 1 N–H and O–H groups in total. The Balaban J connectivity index is 1.75. The fourth-order valence-electron chi connectivity index (χ4n) is 4.22. The number of hydrogen-bond acceptors (Lipinski definition) is 6. The van der Waals surface area contributed by atoms with E-state index < -0.39 is 12.2 Å². The summed E-state index contributed by atoms with van der Waals surface area (Å²) in [6.07, 6.45) is -0.202. The van der Waals surface area contributed by atoms with Crippen LogP contribution in [0.2, 0.25) is 0 Å². The van der Waals surface area contributed by atoms with Gasteiger partial charge in [0.2, 0.25) is 5.96 Å². The number of nitrogens with zero attached hydrogens (tertiary/aromatic N) is 5. The number of carbonyl (C=O) groups is 2. The van der Waals surface area contributed by atoms with Crippen LogP contribution < -0.4 is 4.90 Å². The summed E-state index contributed by atoms with van der Waals surface area (Å²) >= 11 is 0. The number of anilines is 1. The van der Waals surface area contributed by atoms with Crippen LogP contribution in [-0.2, 0) is 4.79 Å². The van der Waals surface area contributed by atoms with Gasteiger partial charge in [0.1, 0.15) is 0 Å². The number of aliphatic hydroxyl groups is 1. The van der Waals surface area contributed by atoms with Crippen molar-refractivity contribution in [2.45, 2.75) is 46.3 Å². The minimum atomic E-state index is -0.585. The third-order valence-electron chi connectivity index (χ3n) is 6.18. The summed E-state index contributed by atoms with van der Waals surface area (Å²) in [7, 11) is 1.68. The van der Waals surface area contributed by atoms with E-state index in [1.807, 2.05) is 18.7 Å². The van der Waals surface area contributed by atoms with Crippen molar-refractivity contribution >= 4 is 23.6 Å². The second kappa shape index (κ2) is 6.88. The lowest BCUT2D eigenvalue weighted by Crippen LogP contribution is -2.64. The maximum absolute atomic E-state index is 13.2. The van der Waals surface area contributed by atoms with Crippen molar-refractivity contribution in [2.75, 3.05) is 25.1 Å². The highest BCUT2D eigenvalue weighted by Crippen LogP contribution is 2.40. The van der Waals surface area contributed by atoms with Crippen LogP contribution in [0.15, 0.2) is 34.6 Å². The van der Waals surface area contributed by atoms with Gasteiger partial charge in [0.05, 0.1) is 0 Å². The molecule has 0 aliphatic carbocycles. The topological polar surface area (TPSA) is 79.7 Å². The number of guanidine groups is 1. The van der Waals surface area contributed by atoms with E-state index in [2.05, 4.69) is 36.9 Å². The van der Waals surface area contributed by atoms with Crippen molar-refractivity contribution in [3.63, 3.8) is 0 Å². The largest absolute Gasteiger partial charge is 0.396 e. The number of rotatable bonds is 4. The van der Waals surface area contributed by atoms with Crippen molar-refractivity contribution in [1.82, 2.24) is 14.7 Å². The van der Waals surface area contributed by atoms with Gasteiger partial charge in [-0.15, -0.1) is 0 Å². The standard InChI is InChI=1S/C21H27N5O3/c1-12-7-8-16(11-13(12)2)25-14(3)15(4)26-17-18(22-20(25)26)23(5)21(29)24(19(17)28)9-6-10-27/h7-8,11,17-18,27H,6,9-10H2,1-5H3. The van der Waals surface area contributed by atoms with E-state index in [4.69, 9.17) is 10.1 Å². The average Bonchev–Trinajstić information content (AvgIpc) is 3.18. The van der Waals surface area contributed by atoms with E-state index in [-0.39, 0.29) is 25.1 Å². The molecule has 8 heteroatoms. The first-order chi connectivity index (χ1) is 13.8. The Morgan fingerprint density at radius 3 is 2.45 bits per heavy atom. The van der Waals surface area contributed by atoms with Crippen molar-refractivity contribution < 1.29 is 14.7 Å². The number of hydrogen-bond donors (Lipinski definition) is 1. The second-order valence-corrected chi connectivity index (χ2v) is 7.89. The predicted molar refractivity (Wildman–Crippen MR) is 110 cm³/mol. The molecule has 1 fully saturated rings. The Morgan fingerprint density at radius 1 is 1.07 bits per heavy atom. The minimum absolute atomic E-state index is 0.0705. The van der Waals surface area contributed by atoms with Gasteiger partial charge in [0.25, 0.3) is 5.91 Å². The maximum Gasteiger partial charge on any atom is 0.328 e. The van der Waals surface area contributed by atoms with Gasteiger partial charge in [-0.3, -0.25) is 19.5 Å². The highest BCUT2D eigenvalue weighted by atomic mass is 16.3. The highest BCUT2D eigenvalue weighted by molar-refractivity contribution is 6.10. The summed E-state index contributed by atoms with van der Waals surface area (Å²) in [6.45, 7) is 8.28. The summed E-state index contributed by atoms with van der Waals surface area (Å²) in [4.78, 5) is 37.5. The van der Waals surface area contributed by atoms with E-state index in [0.29, 0.717) is 12.4 Å². The molecule has 1 saturated heterocycles. The van der Waals surface area contributed by atoms with Gasteiger partial charge in [-0.1, -0.05) is 6.07 Å². The number of carbonyl (C=O) groups excluding carboxylic acids is 2. The Morgan fingerprint density at radius 2 is 1.79 bits per heavy atom. The number of likely N-dealkylation sites (N-methyl/N-ethyl adjacent to an activating group) is 1. The van der Waals surface area contributed by atoms with Crippen molar-refractivity contribution in [3.8, 4) is 0 Å². The molecule has 8 nitrogen and oxygen atoms in total. The number of aliphatic hydroxyl groups excluding tert-OH is 1. The van der Waals surface area contributed by atoms with E-state index in [1.165, 1.54) is 20.9 Å². The third kappa shape index (κ3) is 2.73. The fraction of sp³-hybridized carbons (Fsp3) is 0.476. The smallest absolute Gasteiger partial charge is 0.328 e. The molecule has 3 aliphatic heterocycles. The van der Waals surface area contributed by atoms with Gasteiger partial charge >= 0.3 is 6.03 Å². The number of benzene rings is 1. The molecule has 154 valence electrons. The zero-order valence-electron chi connectivity index (χ0n) is 17.5. The van der Waals surface area contributed by atoms with Crippen molar-refractivity contribution in [2.24, 2.45) is 4.99 Å². The predicted octanol–water partition coefficient (Wildman–Crippen LogP) is 2.02.